The molecule has 0 bridgehead atoms. The van der Waals surface area contributed by atoms with Crippen LogP contribution in [0, 0.1) is 5.82 Å². The third kappa shape index (κ3) is 6.37. The number of carbonyl (C=O) groups is 1. The maximum Gasteiger partial charge on any atom is 0.416 e. The Morgan fingerprint density at radius 2 is 1.55 bits per heavy atom. The van der Waals surface area contributed by atoms with Crippen LogP contribution in [0.4, 0.5) is 42.2 Å². The Morgan fingerprint density at radius 3 is 2.09 bits per heavy atom. The van der Waals surface area contributed by atoms with E-state index >= 15 is 0 Å². The smallest absolute Gasteiger partial charge is 0.394 e. The van der Waals surface area contributed by atoms with Crippen molar-refractivity contribution < 1.29 is 50.8 Å². The molecule has 2 heterocycles. The number of hydrogen-bond donors (Lipinski definition) is 3. The highest BCUT2D eigenvalue weighted by molar-refractivity contribution is 6.03. The van der Waals surface area contributed by atoms with Crippen LogP contribution < -0.4 is 9.80 Å². The number of likely N-dealkylation sites (N-methyl/N-ethyl adjacent to an activating group) is 1. The number of alkyl halides is 6. The zero-order valence-corrected chi connectivity index (χ0v) is 23.8. The van der Waals surface area contributed by atoms with Gasteiger partial charge in [0.2, 0.25) is 5.91 Å². The van der Waals surface area contributed by atoms with Gasteiger partial charge in [-0.15, -0.1) is 0 Å². The summed E-state index contributed by atoms with van der Waals surface area (Å²) in [7, 11) is 1.26. The van der Waals surface area contributed by atoms with Crippen LogP contribution in [0.15, 0.2) is 48.7 Å². The summed E-state index contributed by atoms with van der Waals surface area (Å²) >= 11 is 0. The van der Waals surface area contributed by atoms with Crippen molar-refractivity contribution in [2.24, 2.45) is 0 Å². The van der Waals surface area contributed by atoms with Crippen LogP contribution in [0.2, 0.25) is 0 Å². The van der Waals surface area contributed by atoms with E-state index in [-0.39, 0.29) is 34.3 Å². The summed E-state index contributed by atoms with van der Waals surface area (Å²) in [5.74, 6) is -1.29. The van der Waals surface area contributed by atoms with E-state index in [1.54, 1.807) is 4.90 Å². The van der Waals surface area contributed by atoms with Gasteiger partial charge in [0, 0.05) is 19.2 Å². The van der Waals surface area contributed by atoms with Crippen LogP contribution in [0.5, 0.6) is 0 Å². The van der Waals surface area contributed by atoms with Crippen molar-refractivity contribution >= 4 is 17.4 Å². The van der Waals surface area contributed by atoms with Gasteiger partial charge in [-0.3, -0.25) is 4.79 Å². The average molecular weight is 630 g/mol. The number of benzene rings is 2. The Hall–Kier alpha value is -3.75. The molecule has 4 rings (SSSR count). The van der Waals surface area contributed by atoms with Gasteiger partial charge in [-0.1, -0.05) is 6.07 Å². The maximum atomic E-state index is 14.1. The molecule has 0 spiro atoms. The van der Waals surface area contributed by atoms with Gasteiger partial charge in [0.1, 0.15) is 11.6 Å². The molecule has 1 aliphatic heterocycles. The summed E-state index contributed by atoms with van der Waals surface area (Å²) in [6.45, 7) is 1.68. The van der Waals surface area contributed by atoms with Crippen LogP contribution in [0.1, 0.15) is 42.5 Å². The molecule has 1 saturated heterocycles. The normalized spacial score (nSPS) is 17.7. The Morgan fingerprint density at radius 1 is 0.955 bits per heavy atom. The lowest BCUT2D eigenvalue weighted by atomic mass is 9.81. The first-order valence-corrected chi connectivity index (χ1v) is 13.4. The number of anilines is 2. The second kappa shape index (κ2) is 12.0. The van der Waals surface area contributed by atoms with Crippen LogP contribution in [0.25, 0.3) is 11.1 Å². The van der Waals surface area contributed by atoms with Crippen molar-refractivity contribution in [1.82, 2.24) is 4.98 Å². The van der Waals surface area contributed by atoms with Gasteiger partial charge in [-0.2, -0.15) is 26.3 Å². The van der Waals surface area contributed by atoms with Crippen molar-refractivity contribution in [3.8, 4) is 11.1 Å². The van der Waals surface area contributed by atoms with E-state index in [0.717, 1.165) is 17.0 Å². The lowest BCUT2D eigenvalue weighted by Gasteiger charge is -2.33. The number of hydrogen-bond acceptors (Lipinski definition) is 6. The number of nitrogens with zero attached hydrogens (tertiary/aromatic N) is 3. The molecule has 2 unspecified atom stereocenters. The second-order valence-corrected chi connectivity index (χ2v) is 11.1. The minimum absolute atomic E-state index is 0.0194. The molecular formula is C30H30F7N3O4. The first-order chi connectivity index (χ1) is 20.4. The highest BCUT2D eigenvalue weighted by atomic mass is 19.4. The Balaban J connectivity index is 1.86. The van der Waals surface area contributed by atoms with Gasteiger partial charge >= 0.3 is 12.4 Å². The minimum Gasteiger partial charge on any atom is -0.394 e. The lowest BCUT2D eigenvalue weighted by molar-refractivity contribution is -0.143. The molecule has 7 nitrogen and oxygen atoms in total. The van der Waals surface area contributed by atoms with Gasteiger partial charge in [0.15, 0.2) is 0 Å². The summed E-state index contributed by atoms with van der Waals surface area (Å²) < 4.78 is 95.5. The lowest BCUT2D eigenvalue weighted by Crippen LogP contribution is -2.42. The molecule has 44 heavy (non-hydrogen) atoms. The van der Waals surface area contributed by atoms with Crippen molar-refractivity contribution in [3.05, 3.63) is 76.7 Å². The molecule has 3 aromatic rings. The molecule has 1 fully saturated rings. The molecule has 14 heteroatoms. The standard InChI is InChI=1S/C30H30F7N3O4/c1-28(2,17-9-18(29(32,33)34)11-19(10-17)30(35,36)37)27(44)39(3)23-13-38-26(40-7-6-25(43)24(40)15-42)12-22(23)21-5-4-20(31)8-16(21)14-41/h4-5,8-13,24-25,41-43H,6-7,14-15H2,1-3H3. The third-order valence-corrected chi connectivity index (χ3v) is 7.90. The van der Waals surface area contributed by atoms with Gasteiger partial charge in [-0.05, 0) is 73.4 Å². The molecule has 1 amide bonds. The predicted octanol–water partition coefficient (Wildman–Crippen LogP) is 5.29. The molecular weight excluding hydrogens is 599 g/mol. The first-order valence-electron chi connectivity index (χ1n) is 13.4. The highest BCUT2D eigenvalue weighted by Crippen LogP contribution is 2.42. The van der Waals surface area contributed by atoms with Crippen molar-refractivity contribution in [2.75, 3.05) is 30.0 Å². The molecule has 1 aliphatic rings. The second-order valence-electron chi connectivity index (χ2n) is 11.1. The zero-order chi connectivity index (χ0) is 32.8. The van der Waals surface area contributed by atoms with Crippen LogP contribution in [-0.4, -0.2) is 58.6 Å². The number of amides is 1. The van der Waals surface area contributed by atoms with E-state index in [0.29, 0.717) is 25.1 Å². The van der Waals surface area contributed by atoms with Gasteiger partial charge < -0.3 is 25.1 Å². The SMILES string of the molecule is CN(C(=O)C(C)(C)c1cc(C(F)(F)F)cc(C(F)(F)F)c1)c1cnc(N2CCC(O)C2CO)cc1-c1ccc(F)cc1CO. The van der Waals surface area contributed by atoms with Crippen molar-refractivity contribution in [1.29, 1.82) is 0 Å². The zero-order valence-electron chi connectivity index (χ0n) is 23.8. The quantitative estimate of drug-likeness (QED) is 0.308. The maximum absolute atomic E-state index is 14.1. The molecule has 0 aliphatic carbocycles. The third-order valence-electron chi connectivity index (χ3n) is 7.90. The van der Waals surface area contributed by atoms with E-state index in [4.69, 9.17) is 0 Å². The van der Waals surface area contributed by atoms with E-state index in [9.17, 15) is 50.8 Å². The molecule has 0 radical (unpaired) electrons. The molecule has 2 atom stereocenters. The Labute approximate surface area is 248 Å². The fraction of sp³-hybridized carbons (Fsp3) is 0.400. The van der Waals surface area contributed by atoms with Crippen molar-refractivity contribution in [3.63, 3.8) is 0 Å². The van der Waals surface area contributed by atoms with E-state index in [1.165, 1.54) is 39.2 Å². The number of aliphatic hydroxyl groups is 3. The number of aromatic nitrogens is 1. The molecule has 1 aromatic heterocycles. The van der Waals surface area contributed by atoms with Crippen LogP contribution in [-0.2, 0) is 29.2 Å². The van der Waals surface area contributed by atoms with Crippen LogP contribution >= 0.6 is 0 Å². The van der Waals surface area contributed by atoms with Crippen molar-refractivity contribution in [2.45, 2.75) is 56.8 Å². The first kappa shape index (κ1) is 33.1. The van der Waals surface area contributed by atoms with E-state index in [2.05, 4.69) is 4.98 Å². The number of pyridine rings is 1. The van der Waals surface area contributed by atoms with Crippen LogP contribution in [0.3, 0.4) is 0 Å². The number of aliphatic hydroxyl groups excluding tert-OH is 3. The molecule has 0 saturated carbocycles. The molecule has 2 aromatic carbocycles. The summed E-state index contributed by atoms with van der Waals surface area (Å²) in [6.07, 6.45) is -9.52. The largest absolute Gasteiger partial charge is 0.416 e. The highest BCUT2D eigenvalue weighted by Gasteiger charge is 2.41. The number of halogens is 7. The Kier molecular flexibility index (Phi) is 9.02. The average Bonchev–Trinajstić information content (AvgIpc) is 3.34. The predicted molar refractivity (Wildman–Crippen MR) is 147 cm³/mol. The number of rotatable bonds is 7. The Bertz CT molecular complexity index is 1510. The summed E-state index contributed by atoms with van der Waals surface area (Å²) in [6, 6.07) is 5.30. The molecule has 3 N–H and O–H groups in total. The monoisotopic (exact) mass is 629 g/mol. The summed E-state index contributed by atoms with van der Waals surface area (Å²) in [4.78, 5) is 20.9. The van der Waals surface area contributed by atoms with E-state index < -0.39 is 71.5 Å². The van der Waals surface area contributed by atoms with Gasteiger partial charge in [-0.25, -0.2) is 9.37 Å². The fourth-order valence-corrected chi connectivity index (χ4v) is 5.34. The summed E-state index contributed by atoms with van der Waals surface area (Å²) in [5, 5.41) is 30.1. The number of carbonyl (C=O) groups excluding carboxylic acids is 1. The summed E-state index contributed by atoms with van der Waals surface area (Å²) in [5.41, 5.74) is -4.92. The fourth-order valence-electron chi connectivity index (χ4n) is 5.34. The van der Waals surface area contributed by atoms with E-state index in [1.807, 2.05) is 0 Å². The van der Waals surface area contributed by atoms with Gasteiger partial charge in [0.05, 0.1) is 53.8 Å². The topological polar surface area (TPSA) is 97.1 Å². The molecule has 238 valence electrons. The minimum atomic E-state index is -5.12. The van der Waals surface area contributed by atoms with Gasteiger partial charge in [0.25, 0.3) is 0 Å².